The molecule has 4 saturated carbocycles. The maximum Gasteiger partial charge on any atom is 0.232 e. The first-order chi connectivity index (χ1) is 14.7. The molecular weight excluding hydrogens is 406 g/mol. The molecule has 6 nitrogen and oxygen atoms in total. The van der Waals surface area contributed by atoms with Crippen LogP contribution < -0.4 is 10.6 Å². The first-order valence-corrected chi connectivity index (χ1v) is 11.8. The van der Waals surface area contributed by atoms with Gasteiger partial charge < -0.3 is 10.6 Å². The normalized spacial score (nSPS) is 29.1. The van der Waals surface area contributed by atoms with E-state index in [1.165, 1.54) is 19.3 Å². The van der Waals surface area contributed by atoms with Gasteiger partial charge in [0.15, 0.2) is 5.11 Å². The van der Waals surface area contributed by atoms with Gasteiger partial charge in [-0.1, -0.05) is 26.0 Å². The lowest BCUT2D eigenvalue weighted by atomic mass is 9.49. The van der Waals surface area contributed by atoms with Crippen LogP contribution in [0.1, 0.15) is 65.0 Å². The van der Waals surface area contributed by atoms with Crippen LogP contribution in [0.3, 0.4) is 0 Å². The lowest BCUT2D eigenvalue weighted by Crippen LogP contribution is -2.55. The molecule has 31 heavy (non-hydrogen) atoms. The Kier molecular flexibility index (Phi) is 4.92. The highest BCUT2D eigenvalue weighted by atomic mass is 32.1. The maximum atomic E-state index is 13.2. The number of nitrogens with zero attached hydrogens (tertiary/aromatic N) is 3. The molecular formula is C24H31N5OS. The Bertz CT molecular complexity index is 968. The van der Waals surface area contributed by atoms with E-state index < -0.39 is 0 Å². The van der Waals surface area contributed by atoms with Crippen molar-refractivity contribution in [3.05, 3.63) is 36.2 Å². The fraction of sp³-hybridized carbons (Fsp3) is 0.583. The van der Waals surface area contributed by atoms with E-state index >= 15 is 0 Å². The van der Waals surface area contributed by atoms with Crippen LogP contribution in [0, 0.1) is 23.2 Å². The Labute approximate surface area is 189 Å². The fourth-order valence-corrected chi connectivity index (χ4v) is 6.62. The molecule has 0 radical (unpaired) electrons. The molecule has 0 unspecified atom stereocenters. The summed E-state index contributed by atoms with van der Waals surface area (Å²) in [7, 11) is 0. The molecule has 1 aromatic heterocycles. The van der Waals surface area contributed by atoms with Crippen molar-refractivity contribution in [2.24, 2.45) is 23.2 Å². The molecule has 6 rings (SSSR count). The molecule has 4 bridgehead atoms. The summed E-state index contributed by atoms with van der Waals surface area (Å²) < 4.78 is 1.86. The molecule has 4 fully saturated rings. The Morgan fingerprint density at radius 1 is 1.06 bits per heavy atom. The molecule has 0 atom stereocenters. The SMILES string of the molecule is CC(C)(C)c1cnnn1-c1ccc(NC(=S)NC(=O)C23CC4CC(CC(C4)C2)C3)cc1. The topological polar surface area (TPSA) is 71.8 Å². The average molecular weight is 438 g/mol. The predicted octanol–water partition coefficient (Wildman–Crippen LogP) is 4.59. The number of hydrogen-bond acceptors (Lipinski definition) is 4. The monoisotopic (exact) mass is 437 g/mol. The molecule has 1 heterocycles. The van der Waals surface area contributed by atoms with Gasteiger partial charge in [-0.05, 0) is 92.8 Å². The summed E-state index contributed by atoms with van der Waals surface area (Å²) >= 11 is 5.48. The summed E-state index contributed by atoms with van der Waals surface area (Å²) in [6.07, 6.45) is 8.89. The van der Waals surface area contributed by atoms with Crippen LogP contribution in [-0.2, 0) is 10.2 Å². The maximum absolute atomic E-state index is 13.2. The molecule has 2 aromatic rings. The van der Waals surface area contributed by atoms with Gasteiger partial charge in [0, 0.05) is 11.1 Å². The standard InChI is InChI=1S/C24H31N5OS/c1-23(2,3)20-14-25-28-29(20)19-6-4-18(5-7-19)26-22(31)27-21(30)24-11-15-8-16(12-24)10-17(9-15)13-24/h4-7,14-17H,8-13H2,1-3H3,(H2,26,27,30,31). The van der Waals surface area contributed by atoms with Crippen LogP contribution in [0.4, 0.5) is 5.69 Å². The third-order valence-electron chi connectivity index (χ3n) is 7.43. The summed E-state index contributed by atoms with van der Waals surface area (Å²) in [5.41, 5.74) is 2.59. The van der Waals surface area contributed by atoms with Gasteiger partial charge in [-0.3, -0.25) is 4.79 Å². The number of amides is 1. The van der Waals surface area contributed by atoms with E-state index in [4.69, 9.17) is 12.2 Å². The van der Waals surface area contributed by atoms with E-state index in [-0.39, 0.29) is 16.7 Å². The first-order valence-electron chi connectivity index (χ1n) is 11.4. The third-order valence-corrected chi connectivity index (χ3v) is 7.64. The number of hydrogen-bond donors (Lipinski definition) is 2. The van der Waals surface area contributed by atoms with Gasteiger partial charge in [0.25, 0.3) is 0 Å². The van der Waals surface area contributed by atoms with Gasteiger partial charge in [-0.2, -0.15) is 0 Å². The van der Waals surface area contributed by atoms with Crippen LogP contribution in [0.2, 0.25) is 0 Å². The van der Waals surface area contributed by atoms with Crippen LogP contribution in [0.5, 0.6) is 0 Å². The minimum Gasteiger partial charge on any atom is -0.332 e. The number of aromatic nitrogens is 3. The average Bonchev–Trinajstić information content (AvgIpc) is 3.18. The highest BCUT2D eigenvalue weighted by molar-refractivity contribution is 7.80. The molecule has 1 amide bonds. The van der Waals surface area contributed by atoms with Crippen molar-refractivity contribution < 1.29 is 4.79 Å². The zero-order valence-corrected chi connectivity index (χ0v) is 19.3. The highest BCUT2D eigenvalue weighted by Gasteiger charge is 2.54. The number of benzene rings is 1. The van der Waals surface area contributed by atoms with Crippen LogP contribution in [0.25, 0.3) is 5.69 Å². The Hall–Kier alpha value is -2.28. The summed E-state index contributed by atoms with van der Waals surface area (Å²) in [4.78, 5) is 13.2. The smallest absolute Gasteiger partial charge is 0.232 e. The minimum atomic E-state index is -0.194. The van der Waals surface area contributed by atoms with Gasteiger partial charge in [-0.25, -0.2) is 4.68 Å². The van der Waals surface area contributed by atoms with E-state index in [0.717, 1.165) is 54.1 Å². The largest absolute Gasteiger partial charge is 0.332 e. The number of anilines is 1. The van der Waals surface area contributed by atoms with Crippen LogP contribution in [0.15, 0.2) is 30.5 Å². The summed E-state index contributed by atoms with van der Waals surface area (Å²) in [5.74, 6) is 2.33. The summed E-state index contributed by atoms with van der Waals surface area (Å²) in [5, 5.41) is 14.9. The fourth-order valence-electron chi connectivity index (χ4n) is 6.41. The molecule has 0 aliphatic heterocycles. The molecule has 4 aliphatic carbocycles. The Balaban J connectivity index is 1.23. The minimum absolute atomic E-state index is 0.0521. The number of thiocarbonyl (C=S) groups is 1. The van der Waals surface area contributed by atoms with Crippen molar-refractivity contribution in [3.8, 4) is 5.69 Å². The van der Waals surface area contributed by atoms with E-state index in [1.807, 2.05) is 28.9 Å². The molecule has 1 aromatic carbocycles. The summed E-state index contributed by atoms with van der Waals surface area (Å²) in [6.45, 7) is 6.43. The third kappa shape index (κ3) is 3.88. The number of carbonyl (C=O) groups is 1. The van der Waals surface area contributed by atoms with E-state index in [1.54, 1.807) is 6.20 Å². The van der Waals surface area contributed by atoms with Crippen molar-refractivity contribution in [2.45, 2.75) is 64.7 Å². The van der Waals surface area contributed by atoms with Crippen molar-refractivity contribution in [3.63, 3.8) is 0 Å². The molecule has 4 aliphatic rings. The van der Waals surface area contributed by atoms with Gasteiger partial charge in [0.05, 0.1) is 23.0 Å². The van der Waals surface area contributed by atoms with Gasteiger partial charge in [0.2, 0.25) is 5.91 Å². The molecule has 0 saturated heterocycles. The van der Waals surface area contributed by atoms with Crippen molar-refractivity contribution in [1.82, 2.24) is 20.3 Å². The Morgan fingerprint density at radius 2 is 1.65 bits per heavy atom. The van der Waals surface area contributed by atoms with E-state index in [2.05, 4.69) is 41.7 Å². The zero-order valence-electron chi connectivity index (χ0n) is 18.5. The number of carbonyl (C=O) groups excluding carboxylic acids is 1. The second-order valence-electron chi connectivity index (χ2n) is 10.9. The van der Waals surface area contributed by atoms with E-state index in [9.17, 15) is 4.79 Å². The van der Waals surface area contributed by atoms with Crippen molar-refractivity contribution >= 4 is 28.9 Å². The lowest BCUT2D eigenvalue weighted by Gasteiger charge is -2.55. The van der Waals surface area contributed by atoms with Gasteiger partial charge >= 0.3 is 0 Å². The second-order valence-corrected chi connectivity index (χ2v) is 11.3. The van der Waals surface area contributed by atoms with Crippen LogP contribution >= 0.6 is 12.2 Å². The van der Waals surface area contributed by atoms with Crippen molar-refractivity contribution in [1.29, 1.82) is 0 Å². The molecule has 164 valence electrons. The second kappa shape index (κ2) is 7.40. The quantitative estimate of drug-likeness (QED) is 0.687. The van der Waals surface area contributed by atoms with Crippen LogP contribution in [-0.4, -0.2) is 26.0 Å². The van der Waals surface area contributed by atoms with Crippen molar-refractivity contribution in [2.75, 3.05) is 5.32 Å². The molecule has 0 spiro atoms. The van der Waals surface area contributed by atoms with E-state index in [0.29, 0.717) is 5.11 Å². The first kappa shape index (κ1) is 20.6. The predicted molar refractivity (Wildman–Crippen MR) is 125 cm³/mol. The molecule has 2 N–H and O–H groups in total. The summed E-state index contributed by atoms with van der Waals surface area (Å²) in [6, 6.07) is 7.87. The lowest BCUT2D eigenvalue weighted by molar-refractivity contribution is -0.144. The number of rotatable bonds is 3. The highest BCUT2D eigenvalue weighted by Crippen LogP contribution is 2.60. The van der Waals surface area contributed by atoms with Gasteiger partial charge in [-0.15, -0.1) is 5.10 Å². The molecule has 7 heteroatoms. The van der Waals surface area contributed by atoms with Gasteiger partial charge in [0.1, 0.15) is 0 Å². The number of nitrogens with one attached hydrogen (secondary N) is 2. The Morgan fingerprint density at radius 3 is 2.19 bits per heavy atom. The zero-order chi connectivity index (χ0) is 21.8.